The minimum Gasteiger partial charge on any atom is -0.325 e. The van der Waals surface area contributed by atoms with Gasteiger partial charge in [0.05, 0.1) is 0 Å². The lowest BCUT2D eigenvalue weighted by Gasteiger charge is -2.29. The second kappa shape index (κ2) is 5.95. The first-order valence-electron chi connectivity index (χ1n) is 5.96. The van der Waals surface area contributed by atoms with E-state index in [2.05, 4.69) is 12.2 Å². The summed E-state index contributed by atoms with van der Waals surface area (Å²) in [7, 11) is 0. The van der Waals surface area contributed by atoms with Crippen LogP contribution in [0.15, 0.2) is 0 Å². The Bertz CT molecular complexity index is 204. The third-order valence-corrected chi connectivity index (χ3v) is 2.90. The quantitative estimate of drug-likeness (QED) is 0.746. The van der Waals surface area contributed by atoms with Crippen LogP contribution in [-0.4, -0.2) is 54.6 Å². The molecule has 4 nitrogen and oxygen atoms in total. The largest absolute Gasteiger partial charge is 0.325 e. The minimum absolute atomic E-state index is 0.190. The smallest absolute Gasteiger partial charge is 0.320 e. The van der Waals surface area contributed by atoms with Crippen LogP contribution in [0.2, 0.25) is 0 Å². The maximum Gasteiger partial charge on any atom is 0.320 e. The Kier molecular flexibility index (Phi) is 4.88. The second-order valence-corrected chi connectivity index (χ2v) is 4.11. The maximum absolute atomic E-state index is 12.1. The number of nitrogens with one attached hydrogen (secondary N) is 1. The first kappa shape index (κ1) is 12.3. The highest BCUT2D eigenvalue weighted by atomic mass is 16.2. The van der Waals surface area contributed by atoms with Crippen LogP contribution < -0.4 is 5.32 Å². The summed E-state index contributed by atoms with van der Waals surface area (Å²) in [5, 5.41) is 3.39. The standard InChI is InChI=1S/C11H23N3O/c1-4-13(5-2)11(15)14-8-6-7-12-10(3)9-14/h10,12H,4-9H2,1-3H3. The van der Waals surface area contributed by atoms with Crippen molar-refractivity contribution in [1.29, 1.82) is 0 Å². The monoisotopic (exact) mass is 213 g/mol. The predicted molar refractivity (Wildman–Crippen MR) is 62.0 cm³/mol. The molecule has 1 N–H and O–H groups in total. The lowest BCUT2D eigenvalue weighted by atomic mass is 10.3. The highest BCUT2D eigenvalue weighted by Crippen LogP contribution is 2.05. The van der Waals surface area contributed by atoms with Gasteiger partial charge in [-0.2, -0.15) is 0 Å². The van der Waals surface area contributed by atoms with Crippen LogP contribution in [0.3, 0.4) is 0 Å². The molecule has 1 saturated heterocycles. The molecule has 0 bridgehead atoms. The number of carbonyl (C=O) groups is 1. The highest BCUT2D eigenvalue weighted by Gasteiger charge is 2.21. The Labute approximate surface area is 92.6 Å². The van der Waals surface area contributed by atoms with Crippen LogP contribution >= 0.6 is 0 Å². The fraction of sp³-hybridized carbons (Fsp3) is 0.909. The molecule has 1 atom stereocenters. The fourth-order valence-corrected chi connectivity index (χ4v) is 1.97. The van der Waals surface area contributed by atoms with Gasteiger partial charge < -0.3 is 15.1 Å². The van der Waals surface area contributed by atoms with Gasteiger partial charge in [-0.25, -0.2) is 4.79 Å². The molecule has 0 aromatic heterocycles. The summed E-state index contributed by atoms with van der Waals surface area (Å²) in [6.07, 6.45) is 1.05. The van der Waals surface area contributed by atoms with Gasteiger partial charge in [0, 0.05) is 32.2 Å². The van der Waals surface area contributed by atoms with E-state index in [-0.39, 0.29) is 6.03 Å². The van der Waals surface area contributed by atoms with E-state index in [0.717, 1.165) is 39.1 Å². The van der Waals surface area contributed by atoms with E-state index in [4.69, 9.17) is 0 Å². The third-order valence-electron chi connectivity index (χ3n) is 2.90. The number of carbonyl (C=O) groups excluding carboxylic acids is 1. The maximum atomic E-state index is 12.1. The topological polar surface area (TPSA) is 35.6 Å². The van der Waals surface area contributed by atoms with Crippen LogP contribution in [0.5, 0.6) is 0 Å². The summed E-state index contributed by atoms with van der Waals surface area (Å²) in [5.74, 6) is 0. The van der Waals surface area contributed by atoms with E-state index in [1.54, 1.807) is 0 Å². The lowest BCUT2D eigenvalue weighted by molar-refractivity contribution is 0.157. The summed E-state index contributed by atoms with van der Waals surface area (Å²) in [5.41, 5.74) is 0. The molecule has 4 heteroatoms. The Hall–Kier alpha value is -0.770. The van der Waals surface area contributed by atoms with E-state index >= 15 is 0 Å². The Balaban J connectivity index is 2.56. The summed E-state index contributed by atoms with van der Waals surface area (Å²) < 4.78 is 0. The molecule has 1 fully saturated rings. The molecule has 2 amide bonds. The summed E-state index contributed by atoms with van der Waals surface area (Å²) in [6.45, 7) is 10.5. The molecule has 1 heterocycles. The van der Waals surface area contributed by atoms with E-state index in [1.165, 1.54) is 0 Å². The predicted octanol–water partition coefficient (Wildman–Crippen LogP) is 1.13. The van der Waals surface area contributed by atoms with Gasteiger partial charge in [0.1, 0.15) is 0 Å². The van der Waals surface area contributed by atoms with Crippen molar-refractivity contribution in [2.45, 2.75) is 33.2 Å². The minimum atomic E-state index is 0.190. The van der Waals surface area contributed by atoms with Gasteiger partial charge in [-0.05, 0) is 33.7 Å². The van der Waals surface area contributed by atoms with E-state index < -0.39 is 0 Å². The van der Waals surface area contributed by atoms with Crippen LogP contribution in [0, 0.1) is 0 Å². The Morgan fingerprint density at radius 2 is 2.13 bits per heavy atom. The van der Waals surface area contributed by atoms with E-state index in [0.29, 0.717) is 6.04 Å². The fourth-order valence-electron chi connectivity index (χ4n) is 1.97. The van der Waals surface area contributed by atoms with Gasteiger partial charge in [-0.1, -0.05) is 0 Å². The number of hydrogen-bond donors (Lipinski definition) is 1. The van der Waals surface area contributed by atoms with Crippen molar-refractivity contribution in [3.05, 3.63) is 0 Å². The number of urea groups is 1. The van der Waals surface area contributed by atoms with Crippen LogP contribution in [0.25, 0.3) is 0 Å². The number of nitrogens with zero attached hydrogens (tertiary/aromatic N) is 2. The van der Waals surface area contributed by atoms with Gasteiger partial charge in [0.25, 0.3) is 0 Å². The number of amides is 2. The van der Waals surface area contributed by atoms with Gasteiger partial charge in [0.15, 0.2) is 0 Å². The van der Waals surface area contributed by atoms with Crippen LogP contribution in [0.1, 0.15) is 27.2 Å². The molecule has 0 radical (unpaired) electrons. The van der Waals surface area contributed by atoms with Crippen molar-refractivity contribution >= 4 is 6.03 Å². The third kappa shape index (κ3) is 3.38. The molecule has 1 unspecified atom stereocenters. The van der Waals surface area contributed by atoms with E-state index in [9.17, 15) is 4.79 Å². The average Bonchev–Trinajstić information content (AvgIpc) is 2.44. The first-order chi connectivity index (χ1) is 7.19. The van der Waals surface area contributed by atoms with Crippen LogP contribution in [-0.2, 0) is 0 Å². The number of hydrogen-bond acceptors (Lipinski definition) is 2. The summed E-state index contributed by atoms with van der Waals surface area (Å²) in [6, 6.07) is 0.600. The molecule has 88 valence electrons. The zero-order valence-electron chi connectivity index (χ0n) is 10.1. The zero-order valence-corrected chi connectivity index (χ0v) is 10.1. The molecular weight excluding hydrogens is 190 g/mol. The van der Waals surface area contributed by atoms with Gasteiger partial charge >= 0.3 is 6.03 Å². The molecule has 0 saturated carbocycles. The molecule has 1 aliphatic rings. The van der Waals surface area contributed by atoms with Gasteiger partial charge in [-0.15, -0.1) is 0 Å². The summed E-state index contributed by atoms with van der Waals surface area (Å²) in [4.78, 5) is 15.9. The van der Waals surface area contributed by atoms with Crippen molar-refractivity contribution < 1.29 is 4.79 Å². The van der Waals surface area contributed by atoms with E-state index in [1.807, 2.05) is 23.6 Å². The molecule has 0 aliphatic carbocycles. The molecular formula is C11H23N3O. The highest BCUT2D eigenvalue weighted by molar-refractivity contribution is 5.74. The van der Waals surface area contributed by atoms with Crippen molar-refractivity contribution in [3.8, 4) is 0 Å². The van der Waals surface area contributed by atoms with Crippen molar-refractivity contribution in [2.75, 3.05) is 32.7 Å². The van der Waals surface area contributed by atoms with Crippen molar-refractivity contribution in [1.82, 2.24) is 15.1 Å². The molecule has 0 aromatic carbocycles. The molecule has 1 rings (SSSR count). The number of rotatable bonds is 2. The summed E-state index contributed by atoms with van der Waals surface area (Å²) >= 11 is 0. The second-order valence-electron chi connectivity index (χ2n) is 4.11. The zero-order chi connectivity index (χ0) is 11.3. The molecule has 15 heavy (non-hydrogen) atoms. The molecule has 0 spiro atoms. The van der Waals surface area contributed by atoms with Crippen molar-refractivity contribution in [2.24, 2.45) is 0 Å². The average molecular weight is 213 g/mol. The van der Waals surface area contributed by atoms with Crippen molar-refractivity contribution in [3.63, 3.8) is 0 Å². The SMILES string of the molecule is CCN(CC)C(=O)N1CCCNC(C)C1. The Morgan fingerprint density at radius 3 is 2.73 bits per heavy atom. The first-order valence-corrected chi connectivity index (χ1v) is 5.96. The van der Waals surface area contributed by atoms with Gasteiger partial charge in [0.2, 0.25) is 0 Å². The normalized spacial score (nSPS) is 22.3. The lowest BCUT2D eigenvalue weighted by Crippen LogP contribution is -2.46. The molecule has 1 aliphatic heterocycles. The van der Waals surface area contributed by atoms with Crippen LogP contribution in [0.4, 0.5) is 4.79 Å². The Morgan fingerprint density at radius 1 is 1.47 bits per heavy atom. The van der Waals surface area contributed by atoms with Gasteiger partial charge in [-0.3, -0.25) is 0 Å². The molecule has 0 aromatic rings.